The van der Waals surface area contributed by atoms with Crippen LogP contribution in [0.15, 0.2) is 41.3 Å². The number of alkyl halides is 2. The van der Waals surface area contributed by atoms with Gasteiger partial charge >= 0.3 is 0 Å². The van der Waals surface area contributed by atoms with E-state index in [2.05, 4.69) is 5.32 Å². The van der Waals surface area contributed by atoms with Gasteiger partial charge < -0.3 is 15.3 Å². The van der Waals surface area contributed by atoms with E-state index in [1.54, 1.807) is 19.9 Å². The van der Waals surface area contributed by atoms with E-state index in [4.69, 9.17) is 0 Å². The molecule has 2 aromatic rings. The minimum Gasteiger partial charge on any atom is -0.502 e. The maximum atomic E-state index is 14.1. The fourth-order valence-corrected chi connectivity index (χ4v) is 3.89. The third-order valence-electron chi connectivity index (χ3n) is 5.78. The summed E-state index contributed by atoms with van der Waals surface area (Å²) in [5.74, 6) is -3.25. The molecule has 3 heterocycles. The molecule has 2 aliphatic rings. The van der Waals surface area contributed by atoms with E-state index >= 15 is 0 Å². The number of benzene rings is 1. The van der Waals surface area contributed by atoms with Crippen molar-refractivity contribution in [3.8, 4) is 5.75 Å². The molecule has 8 nitrogen and oxygen atoms in total. The van der Waals surface area contributed by atoms with Crippen molar-refractivity contribution in [3.63, 3.8) is 0 Å². The Balaban J connectivity index is 1.73. The number of pyridine rings is 1. The minimum absolute atomic E-state index is 0.173. The first-order chi connectivity index (χ1) is 15.6. The van der Waals surface area contributed by atoms with Crippen LogP contribution in [0.4, 0.5) is 13.2 Å². The number of carbonyl (C=O) groups excluding carboxylic acids is 2. The Morgan fingerprint density at radius 2 is 2.00 bits per heavy atom. The highest BCUT2D eigenvalue weighted by Gasteiger charge is 2.41. The number of aromatic nitrogens is 1. The third-order valence-corrected chi connectivity index (χ3v) is 5.78. The van der Waals surface area contributed by atoms with Gasteiger partial charge in [-0.15, -0.1) is 0 Å². The second kappa shape index (κ2) is 8.30. The molecule has 2 N–H and O–H groups in total. The average molecular weight is 462 g/mol. The average Bonchev–Trinajstić information content (AvgIpc) is 2.91. The first-order valence-corrected chi connectivity index (χ1v) is 10.2. The summed E-state index contributed by atoms with van der Waals surface area (Å²) in [6, 6.07) is 2.40. The lowest BCUT2D eigenvalue weighted by atomic mass is 10.1. The van der Waals surface area contributed by atoms with Crippen LogP contribution < -0.4 is 15.8 Å². The molecule has 2 aliphatic heterocycles. The monoisotopic (exact) mass is 462 g/mol. The minimum atomic E-state index is -2.85. The summed E-state index contributed by atoms with van der Waals surface area (Å²) in [7, 11) is 0. The third kappa shape index (κ3) is 3.83. The molecule has 2 amide bonds. The number of amides is 2. The Kier molecular flexibility index (Phi) is 5.64. The number of aromatic hydroxyl groups is 1. The maximum absolute atomic E-state index is 14.1. The lowest BCUT2D eigenvalue weighted by Crippen LogP contribution is -2.59. The number of rotatable bonds is 4. The van der Waals surface area contributed by atoms with Crippen molar-refractivity contribution in [2.45, 2.75) is 38.9 Å². The number of hydrogen-bond donors (Lipinski definition) is 2. The fraction of sp³-hybridized carbons (Fsp3) is 0.318. The van der Waals surface area contributed by atoms with Gasteiger partial charge in [-0.3, -0.25) is 24.1 Å². The van der Waals surface area contributed by atoms with Gasteiger partial charge in [0.1, 0.15) is 24.1 Å². The Bertz CT molecular complexity index is 1230. The zero-order valence-corrected chi connectivity index (χ0v) is 17.8. The van der Waals surface area contributed by atoms with Gasteiger partial charge in [0.15, 0.2) is 11.4 Å². The van der Waals surface area contributed by atoms with Crippen molar-refractivity contribution in [2.75, 3.05) is 11.7 Å². The number of halogens is 3. The number of fused-ring (bicyclic) bond motifs is 4. The number of aryl methyl sites for hydroxylation is 1. The Morgan fingerprint density at radius 1 is 1.27 bits per heavy atom. The molecule has 2 bridgehead atoms. The molecule has 0 radical (unpaired) electrons. The highest BCUT2D eigenvalue weighted by atomic mass is 19.3. The lowest BCUT2D eigenvalue weighted by molar-refractivity contribution is 0.0597. The molecule has 33 heavy (non-hydrogen) atoms. The van der Waals surface area contributed by atoms with E-state index in [0.29, 0.717) is 5.56 Å². The van der Waals surface area contributed by atoms with E-state index in [1.807, 2.05) is 0 Å². The van der Waals surface area contributed by atoms with Crippen molar-refractivity contribution in [1.29, 1.82) is 0 Å². The van der Waals surface area contributed by atoms with Crippen molar-refractivity contribution < 1.29 is 27.9 Å². The van der Waals surface area contributed by atoms with Gasteiger partial charge in [-0.25, -0.2) is 13.2 Å². The summed E-state index contributed by atoms with van der Waals surface area (Å²) in [5.41, 5.74) is -1.35. The molecule has 0 aliphatic carbocycles. The molecular formula is C22H21F3N4O4. The molecule has 2 atom stereocenters. The Hall–Kier alpha value is -3.76. The molecule has 1 aromatic heterocycles. The van der Waals surface area contributed by atoms with E-state index in [0.717, 1.165) is 15.9 Å². The largest absolute Gasteiger partial charge is 0.502 e. The van der Waals surface area contributed by atoms with E-state index < -0.39 is 58.6 Å². The molecule has 0 fully saturated rings. The van der Waals surface area contributed by atoms with Crippen LogP contribution in [0.5, 0.6) is 5.75 Å². The maximum Gasteiger partial charge on any atom is 0.278 e. The van der Waals surface area contributed by atoms with Gasteiger partial charge in [0.25, 0.3) is 18.2 Å². The Labute approximate surface area is 186 Å². The molecule has 0 unspecified atom stereocenters. The molecule has 0 saturated carbocycles. The van der Waals surface area contributed by atoms with E-state index in [1.165, 1.54) is 29.2 Å². The van der Waals surface area contributed by atoms with Crippen LogP contribution in [0.1, 0.15) is 38.9 Å². The first-order valence-electron chi connectivity index (χ1n) is 10.2. The SMILES string of the molecule is Cc1ccc(CNC(=O)c2cn3c(c(O)c2=O)C(=O)N2CN3[C@H](C(F)F)C=C[C@@H]2C)c(F)c1. The van der Waals surface area contributed by atoms with Gasteiger partial charge in [0.05, 0.1) is 0 Å². The summed E-state index contributed by atoms with van der Waals surface area (Å²) in [4.78, 5) is 39.6. The van der Waals surface area contributed by atoms with Gasteiger partial charge in [0.2, 0.25) is 5.43 Å². The first kappa shape index (κ1) is 22.4. The summed E-state index contributed by atoms with van der Waals surface area (Å²) in [6.45, 7) is 2.84. The normalized spacial score (nSPS) is 19.5. The summed E-state index contributed by atoms with van der Waals surface area (Å²) in [5, 5.41) is 14.0. The molecule has 0 saturated heterocycles. The quantitative estimate of drug-likeness (QED) is 0.677. The number of nitrogens with zero attached hydrogens (tertiary/aromatic N) is 3. The van der Waals surface area contributed by atoms with Gasteiger partial charge in [-0.1, -0.05) is 24.3 Å². The van der Waals surface area contributed by atoms with Crippen molar-refractivity contribution >= 4 is 11.8 Å². The van der Waals surface area contributed by atoms with Gasteiger partial charge in [-0.2, -0.15) is 0 Å². The number of hydrogen-bond acceptors (Lipinski definition) is 5. The molecule has 1 aromatic carbocycles. The smallest absolute Gasteiger partial charge is 0.278 e. The molecular weight excluding hydrogens is 441 g/mol. The predicted molar refractivity (Wildman–Crippen MR) is 112 cm³/mol. The zero-order valence-electron chi connectivity index (χ0n) is 17.8. The van der Waals surface area contributed by atoms with Gasteiger partial charge in [-0.05, 0) is 25.5 Å². The summed E-state index contributed by atoms with van der Waals surface area (Å²) in [6.07, 6.45) is 0.789. The second-order valence-corrected chi connectivity index (χ2v) is 8.00. The molecule has 11 heteroatoms. The molecule has 174 valence electrons. The fourth-order valence-electron chi connectivity index (χ4n) is 3.89. The van der Waals surface area contributed by atoms with Crippen LogP contribution in [0.3, 0.4) is 0 Å². The van der Waals surface area contributed by atoms with Crippen LogP contribution in [-0.2, 0) is 6.54 Å². The van der Waals surface area contributed by atoms with E-state index in [9.17, 15) is 32.7 Å². The lowest BCUT2D eigenvalue weighted by Gasteiger charge is -2.42. The standard InChI is InChI=1S/C22H21F3N4O4/c1-11-3-5-13(15(23)7-11)8-26-21(32)14-9-28-17(19(31)18(14)30)22(33)27-10-29(28)16(20(24)25)6-4-12(27)2/h3-7,9,12,16,20,31H,8,10H2,1-2H3,(H,26,32)/t12-,16-/m0/s1. The second-order valence-electron chi connectivity index (χ2n) is 8.00. The Morgan fingerprint density at radius 3 is 2.67 bits per heavy atom. The van der Waals surface area contributed by atoms with Crippen molar-refractivity contribution in [1.82, 2.24) is 14.9 Å². The van der Waals surface area contributed by atoms with Crippen LogP contribution in [0.2, 0.25) is 0 Å². The molecule has 4 rings (SSSR count). The van der Waals surface area contributed by atoms with Crippen LogP contribution in [0.25, 0.3) is 0 Å². The van der Waals surface area contributed by atoms with Crippen LogP contribution in [0, 0.1) is 12.7 Å². The zero-order chi connectivity index (χ0) is 24.0. The highest BCUT2D eigenvalue weighted by molar-refractivity contribution is 5.99. The van der Waals surface area contributed by atoms with Crippen LogP contribution in [-0.4, -0.2) is 51.7 Å². The van der Waals surface area contributed by atoms with Crippen molar-refractivity contribution in [3.05, 3.63) is 75.0 Å². The predicted octanol–water partition coefficient (Wildman–Crippen LogP) is 1.87. The van der Waals surface area contributed by atoms with Crippen LogP contribution >= 0.6 is 0 Å². The molecule has 0 spiro atoms. The topological polar surface area (TPSA) is 94.9 Å². The van der Waals surface area contributed by atoms with Gasteiger partial charge in [0, 0.05) is 24.3 Å². The highest BCUT2D eigenvalue weighted by Crippen LogP contribution is 2.28. The summed E-state index contributed by atoms with van der Waals surface area (Å²) < 4.78 is 42.5. The van der Waals surface area contributed by atoms with E-state index in [-0.39, 0.29) is 18.8 Å². The van der Waals surface area contributed by atoms with Crippen molar-refractivity contribution in [2.24, 2.45) is 0 Å². The number of nitrogens with one attached hydrogen (secondary N) is 1. The number of carbonyl (C=O) groups is 2. The summed E-state index contributed by atoms with van der Waals surface area (Å²) >= 11 is 0.